The first-order valence-corrected chi connectivity index (χ1v) is 6.49. The molecule has 0 saturated heterocycles. The van der Waals surface area contributed by atoms with Crippen molar-refractivity contribution in [3.05, 3.63) is 29.6 Å². The summed E-state index contributed by atoms with van der Waals surface area (Å²) in [7, 11) is 0. The quantitative estimate of drug-likeness (QED) is 0.622. The van der Waals surface area contributed by atoms with E-state index in [9.17, 15) is 0 Å². The molecule has 0 radical (unpaired) electrons. The van der Waals surface area contributed by atoms with E-state index in [2.05, 4.69) is 4.98 Å². The number of pyridine rings is 1. The zero-order chi connectivity index (χ0) is 12.1. The van der Waals surface area contributed by atoms with Gasteiger partial charge in [0, 0.05) is 18.4 Å². The van der Waals surface area contributed by atoms with Crippen molar-refractivity contribution in [3.8, 4) is 0 Å². The third-order valence-corrected chi connectivity index (χ3v) is 3.47. The molecule has 1 aromatic heterocycles. The summed E-state index contributed by atoms with van der Waals surface area (Å²) in [4.78, 5) is 4.51. The highest BCUT2D eigenvalue weighted by atomic mass is 32.1. The molecule has 1 aliphatic rings. The number of thiocarbonyl (C=S) groups is 1. The van der Waals surface area contributed by atoms with Gasteiger partial charge in [-0.1, -0.05) is 37.5 Å². The van der Waals surface area contributed by atoms with Gasteiger partial charge in [0.25, 0.3) is 0 Å². The molecule has 0 unspecified atom stereocenters. The molecule has 0 amide bonds. The van der Waals surface area contributed by atoms with Gasteiger partial charge >= 0.3 is 0 Å². The van der Waals surface area contributed by atoms with Crippen molar-refractivity contribution in [2.45, 2.75) is 32.3 Å². The van der Waals surface area contributed by atoms with Crippen LogP contribution in [0.5, 0.6) is 0 Å². The molecule has 2 rings (SSSR count). The van der Waals surface area contributed by atoms with Crippen LogP contribution in [0.4, 0.5) is 0 Å². The van der Waals surface area contributed by atoms with Gasteiger partial charge in [0.05, 0.1) is 6.61 Å². The summed E-state index contributed by atoms with van der Waals surface area (Å²) in [6.45, 7) is 1.36. The third kappa shape index (κ3) is 3.48. The molecular weight excluding hydrogens is 232 g/mol. The fraction of sp³-hybridized carbons (Fsp3) is 0.538. The molecule has 4 heteroatoms. The predicted octanol–water partition coefficient (Wildman–Crippen LogP) is 2.42. The average molecular weight is 250 g/mol. The summed E-state index contributed by atoms with van der Waals surface area (Å²) in [5.74, 6) is 0.888. The lowest BCUT2D eigenvalue weighted by molar-refractivity contribution is 0.0947. The molecule has 0 atom stereocenters. The van der Waals surface area contributed by atoms with E-state index in [4.69, 9.17) is 22.7 Å². The first-order chi connectivity index (χ1) is 8.27. The molecule has 17 heavy (non-hydrogen) atoms. The summed E-state index contributed by atoms with van der Waals surface area (Å²) < 4.78 is 5.66. The molecule has 0 aromatic carbocycles. The van der Waals surface area contributed by atoms with Crippen LogP contribution in [-0.4, -0.2) is 16.6 Å². The van der Waals surface area contributed by atoms with Gasteiger partial charge in [0.15, 0.2) is 0 Å². The Kier molecular flexibility index (Phi) is 4.45. The summed E-state index contributed by atoms with van der Waals surface area (Å²) in [6, 6.07) is 3.84. The van der Waals surface area contributed by atoms with E-state index < -0.39 is 0 Å². The first kappa shape index (κ1) is 12.5. The Balaban J connectivity index is 1.79. The zero-order valence-corrected chi connectivity index (χ0v) is 10.7. The van der Waals surface area contributed by atoms with Gasteiger partial charge in [0.1, 0.15) is 10.7 Å². The van der Waals surface area contributed by atoms with Crippen LogP contribution >= 0.6 is 12.2 Å². The second-order valence-electron chi connectivity index (χ2n) is 4.51. The van der Waals surface area contributed by atoms with Gasteiger partial charge in [-0.15, -0.1) is 0 Å². The highest BCUT2D eigenvalue weighted by Gasteiger charge is 2.16. The lowest BCUT2D eigenvalue weighted by Crippen LogP contribution is -2.16. The Labute approximate surface area is 107 Å². The molecule has 1 aromatic rings. The van der Waals surface area contributed by atoms with Crippen LogP contribution in [0, 0.1) is 5.92 Å². The standard InChI is InChI=1S/C13H18N2OS/c14-13(17)12-11(5-2-7-15-12)9-16-8-6-10-3-1-4-10/h2,5,7,10H,1,3-4,6,8-9H2,(H2,14,17). The Morgan fingerprint density at radius 1 is 1.53 bits per heavy atom. The van der Waals surface area contributed by atoms with Crippen molar-refractivity contribution in [2.75, 3.05) is 6.61 Å². The van der Waals surface area contributed by atoms with Crippen LogP contribution in [-0.2, 0) is 11.3 Å². The number of nitrogens with zero attached hydrogens (tertiary/aromatic N) is 1. The number of ether oxygens (including phenoxy) is 1. The minimum Gasteiger partial charge on any atom is -0.388 e. The molecule has 2 N–H and O–H groups in total. The Morgan fingerprint density at radius 3 is 3.00 bits per heavy atom. The molecule has 0 aliphatic heterocycles. The zero-order valence-electron chi connectivity index (χ0n) is 9.89. The number of nitrogens with two attached hydrogens (primary N) is 1. The van der Waals surface area contributed by atoms with E-state index in [0.717, 1.165) is 18.1 Å². The Bertz CT molecular complexity index is 391. The predicted molar refractivity (Wildman–Crippen MR) is 71.7 cm³/mol. The molecule has 0 bridgehead atoms. The summed E-state index contributed by atoms with van der Waals surface area (Å²) in [6.07, 6.45) is 7.00. The van der Waals surface area contributed by atoms with Crippen LogP contribution in [0.15, 0.2) is 18.3 Å². The fourth-order valence-corrected chi connectivity index (χ4v) is 2.17. The SMILES string of the molecule is NC(=S)c1ncccc1COCCC1CCC1. The molecule has 1 fully saturated rings. The highest BCUT2D eigenvalue weighted by Crippen LogP contribution is 2.29. The van der Waals surface area contributed by atoms with Gasteiger partial charge in [-0.3, -0.25) is 4.98 Å². The van der Waals surface area contributed by atoms with E-state index >= 15 is 0 Å². The maximum atomic E-state index is 5.66. The van der Waals surface area contributed by atoms with Crippen molar-refractivity contribution in [3.63, 3.8) is 0 Å². The molecule has 1 saturated carbocycles. The van der Waals surface area contributed by atoms with Gasteiger partial charge in [0.2, 0.25) is 0 Å². The summed E-state index contributed by atoms with van der Waals surface area (Å²) >= 11 is 4.96. The summed E-state index contributed by atoms with van der Waals surface area (Å²) in [5, 5.41) is 0. The maximum absolute atomic E-state index is 5.66. The molecule has 1 aliphatic carbocycles. The molecule has 1 heterocycles. The maximum Gasteiger partial charge on any atom is 0.123 e. The van der Waals surface area contributed by atoms with Crippen molar-refractivity contribution >= 4 is 17.2 Å². The Morgan fingerprint density at radius 2 is 2.35 bits per heavy atom. The lowest BCUT2D eigenvalue weighted by Gasteiger charge is -2.24. The van der Waals surface area contributed by atoms with Crippen molar-refractivity contribution in [1.82, 2.24) is 4.98 Å². The van der Waals surface area contributed by atoms with E-state index in [1.54, 1.807) is 6.20 Å². The minimum atomic E-state index is 0.336. The van der Waals surface area contributed by atoms with Gasteiger partial charge < -0.3 is 10.5 Å². The lowest BCUT2D eigenvalue weighted by atomic mass is 9.83. The highest BCUT2D eigenvalue weighted by molar-refractivity contribution is 7.80. The van der Waals surface area contributed by atoms with E-state index in [1.807, 2.05) is 12.1 Å². The van der Waals surface area contributed by atoms with Crippen LogP contribution in [0.1, 0.15) is 36.9 Å². The van der Waals surface area contributed by atoms with Gasteiger partial charge in [-0.25, -0.2) is 0 Å². The fourth-order valence-electron chi connectivity index (χ4n) is 1.99. The van der Waals surface area contributed by atoms with E-state index in [0.29, 0.717) is 17.3 Å². The monoisotopic (exact) mass is 250 g/mol. The number of hydrogen-bond acceptors (Lipinski definition) is 3. The largest absolute Gasteiger partial charge is 0.388 e. The molecular formula is C13H18N2OS. The molecule has 3 nitrogen and oxygen atoms in total. The third-order valence-electron chi connectivity index (χ3n) is 3.28. The number of rotatable bonds is 6. The van der Waals surface area contributed by atoms with Crippen LogP contribution < -0.4 is 5.73 Å². The Hall–Kier alpha value is -1.00. The minimum absolute atomic E-state index is 0.336. The van der Waals surface area contributed by atoms with E-state index in [-0.39, 0.29) is 0 Å². The number of hydrogen-bond donors (Lipinski definition) is 1. The van der Waals surface area contributed by atoms with Crippen molar-refractivity contribution < 1.29 is 4.74 Å². The van der Waals surface area contributed by atoms with Gasteiger partial charge in [-0.2, -0.15) is 0 Å². The van der Waals surface area contributed by atoms with Crippen LogP contribution in [0.2, 0.25) is 0 Å². The second-order valence-corrected chi connectivity index (χ2v) is 4.95. The molecule has 0 spiro atoms. The second kappa shape index (κ2) is 6.07. The van der Waals surface area contributed by atoms with E-state index in [1.165, 1.54) is 25.7 Å². The normalized spacial score (nSPS) is 15.5. The topological polar surface area (TPSA) is 48.1 Å². The summed E-state index contributed by atoms with van der Waals surface area (Å²) in [5.41, 5.74) is 7.28. The first-order valence-electron chi connectivity index (χ1n) is 6.09. The molecule has 92 valence electrons. The van der Waals surface area contributed by atoms with Crippen molar-refractivity contribution in [1.29, 1.82) is 0 Å². The van der Waals surface area contributed by atoms with Crippen molar-refractivity contribution in [2.24, 2.45) is 11.7 Å². The average Bonchev–Trinajstić information content (AvgIpc) is 2.26. The number of aromatic nitrogens is 1. The van der Waals surface area contributed by atoms with Crippen LogP contribution in [0.25, 0.3) is 0 Å². The smallest absolute Gasteiger partial charge is 0.123 e. The van der Waals surface area contributed by atoms with Gasteiger partial charge in [-0.05, 0) is 18.4 Å². The van der Waals surface area contributed by atoms with Crippen LogP contribution in [0.3, 0.4) is 0 Å².